The molecule has 0 atom stereocenters. The van der Waals surface area contributed by atoms with E-state index < -0.39 is 10.4 Å². The summed E-state index contributed by atoms with van der Waals surface area (Å²) in [5.74, 6) is 0. The lowest BCUT2D eigenvalue weighted by atomic mass is 9.82. The Hall–Kier alpha value is -0.130. The van der Waals surface area contributed by atoms with Gasteiger partial charge in [-0.25, -0.2) is 4.18 Å². The van der Waals surface area contributed by atoms with Crippen LogP contribution in [0, 0.1) is 5.41 Å². The van der Waals surface area contributed by atoms with E-state index >= 15 is 0 Å². The van der Waals surface area contributed by atoms with Crippen LogP contribution in [0.15, 0.2) is 0 Å². The second-order valence-corrected chi connectivity index (χ2v) is 8.89. The topological polar surface area (TPSA) is 63.6 Å². The Morgan fingerprint density at radius 3 is 1.62 bits per heavy atom. The Bertz CT molecular complexity index is 377. The fourth-order valence-corrected chi connectivity index (χ4v) is 3.41. The molecular formula is C19H40O4S. The van der Waals surface area contributed by atoms with Crippen molar-refractivity contribution in [3.63, 3.8) is 0 Å². The van der Waals surface area contributed by atoms with Crippen LogP contribution < -0.4 is 0 Å². The summed E-state index contributed by atoms with van der Waals surface area (Å²) < 4.78 is 33.7. The molecule has 0 bridgehead atoms. The predicted molar refractivity (Wildman–Crippen MR) is 102 cm³/mol. The molecule has 4 nitrogen and oxygen atoms in total. The van der Waals surface area contributed by atoms with E-state index in [1.54, 1.807) is 0 Å². The fourth-order valence-electron chi connectivity index (χ4n) is 3.09. The zero-order valence-corrected chi connectivity index (χ0v) is 17.0. The average molecular weight is 365 g/mol. The lowest BCUT2D eigenvalue weighted by Gasteiger charge is -2.24. The quantitative estimate of drug-likeness (QED) is 0.242. The second kappa shape index (κ2) is 14.1. The standard InChI is InChI=1S/C19H40O4S/c1-4-5-6-7-8-9-10-11-12-13-16-19(2,3)17-14-15-18-23-24(20,21)22/h4-18H2,1-3H3,(H,20,21,22). The maximum atomic E-state index is 10.4. The maximum Gasteiger partial charge on any atom is 0.397 e. The molecule has 146 valence electrons. The first-order valence-electron chi connectivity index (χ1n) is 9.89. The first kappa shape index (κ1) is 23.9. The lowest BCUT2D eigenvalue weighted by molar-refractivity contribution is 0.241. The van der Waals surface area contributed by atoms with Crippen molar-refractivity contribution < 1.29 is 17.2 Å². The molecule has 0 aliphatic carbocycles. The maximum absolute atomic E-state index is 10.4. The third kappa shape index (κ3) is 18.2. The van der Waals surface area contributed by atoms with E-state index in [1.165, 1.54) is 70.6 Å². The van der Waals surface area contributed by atoms with Crippen molar-refractivity contribution in [1.29, 1.82) is 0 Å². The molecule has 0 fully saturated rings. The third-order valence-electron chi connectivity index (χ3n) is 4.69. The largest absolute Gasteiger partial charge is 0.397 e. The van der Waals surface area contributed by atoms with Gasteiger partial charge in [-0.2, -0.15) is 8.42 Å². The van der Waals surface area contributed by atoms with E-state index in [1.807, 2.05) is 0 Å². The van der Waals surface area contributed by atoms with Crippen molar-refractivity contribution in [2.24, 2.45) is 5.41 Å². The van der Waals surface area contributed by atoms with Crippen molar-refractivity contribution >= 4 is 10.4 Å². The summed E-state index contributed by atoms with van der Waals surface area (Å²) in [7, 11) is -4.27. The van der Waals surface area contributed by atoms with E-state index in [0.717, 1.165) is 12.8 Å². The van der Waals surface area contributed by atoms with Gasteiger partial charge in [0.25, 0.3) is 0 Å². The highest BCUT2D eigenvalue weighted by atomic mass is 32.3. The molecule has 0 aromatic rings. The van der Waals surface area contributed by atoms with E-state index in [0.29, 0.717) is 11.8 Å². The van der Waals surface area contributed by atoms with Gasteiger partial charge in [0.05, 0.1) is 6.61 Å². The zero-order chi connectivity index (χ0) is 18.3. The van der Waals surface area contributed by atoms with E-state index in [2.05, 4.69) is 25.0 Å². The van der Waals surface area contributed by atoms with Crippen molar-refractivity contribution in [3.05, 3.63) is 0 Å². The van der Waals surface area contributed by atoms with Crippen molar-refractivity contribution in [2.75, 3.05) is 6.61 Å². The molecule has 0 aromatic carbocycles. The highest BCUT2D eigenvalue weighted by molar-refractivity contribution is 7.80. The Morgan fingerprint density at radius 1 is 0.750 bits per heavy atom. The highest BCUT2D eigenvalue weighted by Gasteiger charge is 2.16. The van der Waals surface area contributed by atoms with Gasteiger partial charge in [0.15, 0.2) is 0 Å². The lowest BCUT2D eigenvalue weighted by Crippen LogP contribution is -2.12. The number of unbranched alkanes of at least 4 members (excludes halogenated alkanes) is 10. The van der Waals surface area contributed by atoms with Gasteiger partial charge >= 0.3 is 10.4 Å². The van der Waals surface area contributed by atoms with Crippen LogP contribution in [-0.4, -0.2) is 19.6 Å². The van der Waals surface area contributed by atoms with Crippen LogP contribution in [0.25, 0.3) is 0 Å². The number of hydrogen-bond donors (Lipinski definition) is 1. The number of rotatable bonds is 17. The van der Waals surface area contributed by atoms with Gasteiger partial charge in [0.1, 0.15) is 0 Å². The smallest absolute Gasteiger partial charge is 0.264 e. The molecule has 0 spiro atoms. The highest BCUT2D eigenvalue weighted by Crippen LogP contribution is 2.30. The van der Waals surface area contributed by atoms with Gasteiger partial charge in [0, 0.05) is 0 Å². The third-order valence-corrected chi connectivity index (χ3v) is 5.15. The minimum atomic E-state index is -4.27. The molecule has 0 saturated heterocycles. The van der Waals surface area contributed by atoms with Gasteiger partial charge in [-0.3, -0.25) is 4.55 Å². The molecule has 0 rings (SSSR count). The van der Waals surface area contributed by atoms with Crippen LogP contribution >= 0.6 is 0 Å². The van der Waals surface area contributed by atoms with Gasteiger partial charge < -0.3 is 0 Å². The average Bonchev–Trinajstić information content (AvgIpc) is 2.47. The summed E-state index contributed by atoms with van der Waals surface area (Å²) >= 11 is 0. The molecular weight excluding hydrogens is 324 g/mol. The van der Waals surface area contributed by atoms with Gasteiger partial charge in [-0.1, -0.05) is 91.4 Å². The van der Waals surface area contributed by atoms with Crippen LogP contribution in [0.5, 0.6) is 0 Å². The molecule has 0 unspecified atom stereocenters. The van der Waals surface area contributed by atoms with Gasteiger partial charge in [-0.15, -0.1) is 0 Å². The molecule has 5 heteroatoms. The molecule has 1 N–H and O–H groups in total. The SMILES string of the molecule is CCCCCCCCCCCCC(C)(C)CCCCOS(=O)(=O)O. The first-order chi connectivity index (χ1) is 11.3. The molecule has 0 aromatic heterocycles. The predicted octanol–water partition coefficient (Wildman–Crippen LogP) is 6.31. The molecule has 0 saturated carbocycles. The summed E-state index contributed by atoms with van der Waals surface area (Å²) in [6.45, 7) is 6.90. The van der Waals surface area contributed by atoms with Crippen LogP contribution in [-0.2, 0) is 14.6 Å². The summed E-state index contributed by atoms with van der Waals surface area (Å²) in [5, 5.41) is 0. The second-order valence-electron chi connectivity index (χ2n) is 7.80. The van der Waals surface area contributed by atoms with Gasteiger partial charge in [0.2, 0.25) is 0 Å². The zero-order valence-electron chi connectivity index (χ0n) is 16.2. The van der Waals surface area contributed by atoms with Crippen molar-refractivity contribution in [2.45, 2.75) is 111 Å². The van der Waals surface area contributed by atoms with E-state index in [4.69, 9.17) is 4.55 Å². The monoisotopic (exact) mass is 364 g/mol. The normalized spacial score (nSPS) is 12.7. The van der Waals surface area contributed by atoms with Gasteiger partial charge in [-0.05, 0) is 24.7 Å². The summed E-state index contributed by atoms with van der Waals surface area (Å²) in [4.78, 5) is 0. The van der Waals surface area contributed by atoms with Crippen LogP contribution in [0.2, 0.25) is 0 Å². The molecule has 0 aliphatic heterocycles. The van der Waals surface area contributed by atoms with Crippen LogP contribution in [0.4, 0.5) is 0 Å². The molecule has 0 radical (unpaired) electrons. The minimum absolute atomic E-state index is 0.0766. The Kier molecular flexibility index (Phi) is 14.0. The van der Waals surface area contributed by atoms with Crippen molar-refractivity contribution in [1.82, 2.24) is 0 Å². The fraction of sp³-hybridized carbons (Fsp3) is 1.00. The summed E-state index contributed by atoms with van der Waals surface area (Å²) in [6, 6.07) is 0. The van der Waals surface area contributed by atoms with E-state index in [-0.39, 0.29) is 6.61 Å². The number of hydrogen-bond acceptors (Lipinski definition) is 3. The van der Waals surface area contributed by atoms with Crippen LogP contribution in [0.3, 0.4) is 0 Å². The minimum Gasteiger partial charge on any atom is -0.264 e. The molecule has 0 heterocycles. The van der Waals surface area contributed by atoms with E-state index in [9.17, 15) is 8.42 Å². The van der Waals surface area contributed by atoms with Crippen molar-refractivity contribution in [3.8, 4) is 0 Å². The molecule has 0 amide bonds. The Labute approximate surface area is 150 Å². The summed E-state index contributed by atoms with van der Waals surface area (Å²) in [6.07, 6.45) is 17.5. The first-order valence-corrected chi connectivity index (χ1v) is 11.3. The molecule has 24 heavy (non-hydrogen) atoms. The van der Waals surface area contributed by atoms with Crippen LogP contribution in [0.1, 0.15) is 111 Å². The Morgan fingerprint density at radius 2 is 1.17 bits per heavy atom. The summed E-state index contributed by atoms with van der Waals surface area (Å²) in [5.41, 5.74) is 0.304. The molecule has 0 aliphatic rings. The Balaban J connectivity index is 3.44.